The van der Waals surface area contributed by atoms with Crippen LogP contribution in [0.2, 0.25) is 0 Å². The van der Waals surface area contributed by atoms with Crippen molar-refractivity contribution in [2.24, 2.45) is 17.8 Å². The molecule has 0 saturated carbocycles. The highest BCUT2D eigenvalue weighted by molar-refractivity contribution is 5.82. The second kappa shape index (κ2) is 23.8. The second-order valence-corrected chi connectivity index (χ2v) is 12.4. The third kappa shape index (κ3) is 15.3. The Bertz CT molecular complexity index is 858. The molecule has 2 aliphatic rings. The maximum atomic E-state index is 12.9. The lowest BCUT2D eigenvalue weighted by Crippen LogP contribution is -2.50. The Balaban J connectivity index is 1.55. The Morgan fingerprint density at radius 1 is 0.787 bits per heavy atom. The van der Waals surface area contributed by atoms with Crippen LogP contribution >= 0.6 is 0 Å². The molecule has 2 fully saturated rings. The molecule has 0 aromatic carbocycles. The van der Waals surface area contributed by atoms with Crippen LogP contribution in [0.15, 0.2) is 0 Å². The van der Waals surface area contributed by atoms with E-state index in [0.717, 1.165) is 12.8 Å². The minimum atomic E-state index is -1.16. The normalized spacial score (nSPS) is 29.3. The fraction of sp³-hybridized carbons (Fsp3) is 0.938. The van der Waals surface area contributed by atoms with Crippen molar-refractivity contribution < 1.29 is 58.4 Å². The Kier molecular flexibility index (Phi) is 21.1. The Morgan fingerprint density at radius 2 is 1.36 bits per heavy atom. The zero-order chi connectivity index (χ0) is 34.6. The second-order valence-electron chi connectivity index (χ2n) is 12.4. The van der Waals surface area contributed by atoms with E-state index in [1.54, 1.807) is 7.05 Å². The third-order valence-corrected chi connectivity index (χ3v) is 8.90. The molecule has 0 bridgehead atoms. The van der Waals surface area contributed by atoms with Gasteiger partial charge in [0.1, 0.15) is 12.2 Å². The van der Waals surface area contributed by atoms with Crippen molar-refractivity contribution in [2.75, 3.05) is 73.0 Å². The van der Waals surface area contributed by atoms with Crippen LogP contribution in [0, 0.1) is 17.8 Å². The maximum Gasteiger partial charge on any atom is 0.237 e. The zero-order valence-corrected chi connectivity index (χ0v) is 28.6. The zero-order valence-electron chi connectivity index (χ0n) is 28.6. The van der Waals surface area contributed by atoms with E-state index in [9.17, 15) is 30.0 Å². The molecule has 0 radical (unpaired) electrons. The van der Waals surface area contributed by atoms with E-state index >= 15 is 0 Å². The molecule has 0 spiro atoms. The Morgan fingerprint density at radius 3 is 1.94 bits per heavy atom. The first-order chi connectivity index (χ1) is 22.6. The average molecular weight is 680 g/mol. The first-order valence-corrected chi connectivity index (χ1v) is 17.1. The van der Waals surface area contributed by atoms with Gasteiger partial charge in [-0.3, -0.25) is 9.59 Å². The fourth-order valence-electron chi connectivity index (χ4n) is 5.72. The number of ether oxygens (including phenoxy) is 6. The van der Waals surface area contributed by atoms with Crippen molar-refractivity contribution in [3.05, 3.63) is 0 Å². The van der Waals surface area contributed by atoms with Gasteiger partial charge in [0.05, 0.1) is 71.1 Å². The lowest BCUT2D eigenvalue weighted by atomic mass is 9.86. The summed E-state index contributed by atoms with van der Waals surface area (Å²) < 4.78 is 33.6. The molecular formula is C32H61N3O12. The molecule has 2 saturated heterocycles. The van der Waals surface area contributed by atoms with Crippen LogP contribution in [-0.4, -0.2) is 148 Å². The van der Waals surface area contributed by atoms with Crippen LogP contribution < -0.4 is 16.0 Å². The highest BCUT2D eigenvalue weighted by atomic mass is 16.7. The van der Waals surface area contributed by atoms with Gasteiger partial charge >= 0.3 is 0 Å². The summed E-state index contributed by atoms with van der Waals surface area (Å²) in [5.74, 6) is 0.235. The van der Waals surface area contributed by atoms with Crippen molar-refractivity contribution >= 4 is 11.8 Å². The average Bonchev–Trinajstić information content (AvgIpc) is 3.06. The molecule has 2 rings (SSSR count). The van der Waals surface area contributed by atoms with E-state index in [1.165, 1.54) is 0 Å². The molecule has 2 aliphatic heterocycles. The number of nitrogens with one attached hydrogen (secondary N) is 3. The van der Waals surface area contributed by atoms with Crippen LogP contribution in [0.3, 0.4) is 0 Å². The summed E-state index contributed by atoms with van der Waals surface area (Å²) in [6.07, 6.45) is -0.928. The van der Waals surface area contributed by atoms with E-state index < -0.39 is 37.3 Å². The molecule has 0 aromatic rings. The smallest absolute Gasteiger partial charge is 0.237 e. The number of hydrogen-bond acceptors (Lipinski definition) is 13. The van der Waals surface area contributed by atoms with Crippen molar-refractivity contribution in [3.8, 4) is 0 Å². The Labute approximate surface area is 279 Å². The van der Waals surface area contributed by atoms with Crippen molar-refractivity contribution in [1.82, 2.24) is 16.0 Å². The maximum absolute atomic E-state index is 12.9. The van der Waals surface area contributed by atoms with Gasteiger partial charge in [0.25, 0.3) is 0 Å². The number of hydrogen-bond donors (Lipinski definition) is 7. The topological polar surface area (TPSA) is 207 Å². The first kappa shape index (κ1) is 41.7. The fourth-order valence-corrected chi connectivity index (χ4v) is 5.72. The van der Waals surface area contributed by atoms with Gasteiger partial charge in [0.15, 0.2) is 12.6 Å². The van der Waals surface area contributed by atoms with Crippen LogP contribution in [-0.2, 0) is 38.0 Å². The molecule has 2 heterocycles. The van der Waals surface area contributed by atoms with Gasteiger partial charge in [-0.05, 0) is 38.1 Å². The molecule has 7 N–H and O–H groups in total. The molecule has 276 valence electrons. The molecular weight excluding hydrogens is 618 g/mol. The largest absolute Gasteiger partial charge is 0.394 e. The minimum Gasteiger partial charge on any atom is -0.394 e. The number of aliphatic hydroxyl groups is 4. The molecule has 0 aliphatic carbocycles. The van der Waals surface area contributed by atoms with Crippen LogP contribution in [0.1, 0.15) is 59.3 Å². The van der Waals surface area contributed by atoms with Gasteiger partial charge < -0.3 is 64.8 Å². The standard InChI is InChI=1S/C32H61N3O12/c1-5-6-23(31(40)34-9-11-42-13-15-44-28-17-21(2)22(3)26(19-36)46-28)7-8-24(33-4)32(41)35-10-12-43-14-16-45-29-18-25(38)30(39)27(20-37)47-29/h21-30,33,36-39H,5-20H2,1-4H3,(H,34,40)(H,35,41). The van der Waals surface area contributed by atoms with Crippen molar-refractivity contribution in [2.45, 2.75) is 102 Å². The van der Waals surface area contributed by atoms with Gasteiger partial charge in [-0.2, -0.15) is 0 Å². The number of likely N-dealkylation sites (N-methyl/N-ethyl adjacent to an activating group) is 1. The van der Waals surface area contributed by atoms with Crippen LogP contribution in [0.5, 0.6) is 0 Å². The van der Waals surface area contributed by atoms with E-state index in [-0.39, 0.29) is 68.9 Å². The Hall–Kier alpha value is -1.50. The van der Waals surface area contributed by atoms with Crippen LogP contribution in [0.4, 0.5) is 0 Å². The SMILES string of the molecule is CCCC(CCC(NC)C(=O)NCCOCCOC1CC(O)C(O)C(CO)O1)C(=O)NCCOCCOC1CC(C)C(C)C(CO)O1. The quantitative estimate of drug-likeness (QED) is 0.0630. The van der Waals surface area contributed by atoms with E-state index in [4.69, 9.17) is 28.4 Å². The predicted molar refractivity (Wildman–Crippen MR) is 171 cm³/mol. The molecule has 15 heteroatoms. The monoisotopic (exact) mass is 679 g/mol. The number of amides is 2. The van der Waals surface area contributed by atoms with Gasteiger partial charge in [0, 0.05) is 31.8 Å². The van der Waals surface area contributed by atoms with Gasteiger partial charge in [-0.15, -0.1) is 0 Å². The summed E-state index contributed by atoms with van der Waals surface area (Å²) in [5.41, 5.74) is 0. The molecule has 47 heavy (non-hydrogen) atoms. The summed E-state index contributed by atoms with van der Waals surface area (Å²) in [6, 6.07) is -0.453. The van der Waals surface area contributed by atoms with Crippen LogP contribution in [0.25, 0.3) is 0 Å². The summed E-state index contributed by atoms with van der Waals surface area (Å²) in [4.78, 5) is 25.6. The molecule has 10 atom stereocenters. The molecule has 15 nitrogen and oxygen atoms in total. The van der Waals surface area contributed by atoms with E-state index in [2.05, 4.69) is 29.8 Å². The van der Waals surface area contributed by atoms with Gasteiger partial charge in [-0.1, -0.05) is 27.2 Å². The highest BCUT2D eigenvalue weighted by Crippen LogP contribution is 2.30. The van der Waals surface area contributed by atoms with E-state index in [0.29, 0.717) is 58.1 Å². The van der Waals surface area contributed by atoms with Crippen molar-refractivity contribution in [1.29, 1.82) is 0 Å². The number of rotatable bonds is 24. The molecule has 0 aromatic heterocycles. The number of carbonyl (C=O) groups excluding carboxylic acids is 2. The predicted octanol–water partition coefficient (Wildman–Crippen LogP) is -0.722. The van der Waals surface area contributed by atoms with Gasteiger partial charge in [-0.25, -0.2) is 0 Å². The van der Waals surface area contributed by atoms with Gasteiger partial charge in [0.2, 0.25) is 11.8 Å². The summed E-state index contributed by atoms with van der Waals surface area (Å²) in [7, 11) is 1.71. The molecule has 2 amide bonds. The van der Waals surface area contributed by atoms with Crippen molar-refractivity contribution in [3.63, 3.8) is 0 Å². The van der Waals surface area contributed by atoms with E-state index in [1.807, 2.05) is 6.92 Å². The summed E-state index contributed by atoms with van der Waals surface area (Å²) >= 11 is 0. The minimum absolute atomic E-state index is 0.0231. The number of carbonyl (C=O) groups is 2. The summed E-state index contributed by atoms with van der Waals surface area (Å²) in [6.45, 7) is 8.25. The molecule has 10 unspecified atom stereocenters. The lowest BCUT2D eigenvalue weighted by molar-refractivity contribution is -0.258. The summed E-state index contributed by atoms with van der Waals surface area (Å²) in [5, 5.41) is 47.2. The third-order valence-electron chi connectivity index (χ3n) is 8.90. The highest BCUT2D eigenvalue weighted by Gasteiger charge is 2.37. The first-order valence-electron chi connectivity index (χ1n) is 17.1. The lowest BCUT2D eigenvalue weighted by Gasteiger charge is -2.38. The number of aliphatic hydroxyl groups excluding tert-OH is 4.